The summed E-state index contributed by atoms with van der Waals surface area (Å²) in [6, 6.07) is 3.76. The number of hydrogen-bond acceptors (Lipinski definition) is 1. The van der Waals surface area contributed by atoms with Gasteiger partial charge in [-0.15, -0.1) is 0 Å². The molecule has 3 aliphatic rings. The predicted molar refractivity (Wildman–Crippen MR) is 146 cm³/mol. The maximum absolute atomic E-state index is 14.9. The average molecular weight is 501 g/mol. The van der Waals surface area contributed by atoms with Gasteiger partial charge in [-0.05, 0) is 138 Å². The minimum atomic E-state index is -0.581. The van der Waals surface area contributed by atoms with Crippen LogP contribution in [0.15, 0.2) is 24.3 Å². The second-order valence-corrected chi connectivity index (χ2v) is 12.1. The van der Waals surface area contributed by atoms with Crippen LogP contribution in [0.2, 0.25) is 0 Å². The van der Waals surface area contributed by atoms with Gasteiger partial charge < -0.3 is 4.74 Å². The minimum Gasteiger partial charge on any atom is -0.374 e. The van der Waals surface area contributed by atoms with Gasteiger partial charge in [0.2, 0.25) is 0 Å². The average Bonchev–Trinajstić information content (AvgIpc) is 2.92. The van der Waals surface area contributed by atoms with E-state index in [1.54, 1.807) is 0 Å². The van der Waals surface area contributed by atoms with Crippen LogP contribution in [0.4, 0.5) is 8.78 Å². The van der Waals surface area contributed by atoms with Crippen molar-refractivity contribution in [2.75, 3.05) is 6.61 Å². The summed E-state index contributed by atoms with van der Waals surface area (Å²) in [5.41, 5.74) is 1.20. The lowest BCUT2D eigenvalue weighted by atomic mass is 9.65. The maximum Gasteiger partial charge on any atom is 0.162 e. The zero-order valence-electron chi connectivity index (χ0n) is 23.0. The molecule has 36 heavy (non-hydrogen) atoms. The first kappa shape index (κ1) is 27.8. The third-order valence-corrected chi connectivity index (χ3v) is 9.99. The molecular formula is C33H50F2O. The lowest BCUT2D eigenvalue weighted by molar-refractivity contribution is 0.0190. The molecule has 3 heteroatoms. The number of halogens is 2. The van der Waals surface area contributed by atoms with Gasteiger partial charge in [-0.2, -0.15) is 0 Å². The van der Waals surface area contributed by atoms with E-state index in [0.29, 0.717) is 23.7 Å². The second-order valence-electron chi connectivity index (χ2n) is 12.1. The summed E-state index contributed by atoms with van der Waals surface area (Å²) in [4.78, 5) is 0. The lowest BCUT2D eigenvalue weighted by Crippen LogP contribution is -2.31. The van der Waals surface area contributed by atoms with E-state index in [2.05, 4.69) is 26.0 Å². The molecule has 1 aromatic carbocycles. The molecule has 0 bridgehead atoms. The number of hydrogen-bond donors (Lipinski definition) is 0. The van der Waals surface area contributed by atoms with Crippen molar-refractivity contribution < 1.29 is 13.5 Å². The smallest absolute Gasteiger partial charge is 0.162 e. The number of rotatable bonds is 10. The SMILES string of the molecule is CC=CCOC1CCC(C2CCC(C3CCC(c4ccc(CCCCC)c(F)c4F)CC3)CC2)CC1. The van der Waals surface area contributed by atoms with Crippen molar-refractivity contribution in [1.29, 1.82) is 0 Å². The highest BCUT2D eigenvalue weighted by Gasteiger charge is 2.35. The molecule has 3 fully saturated rings. The van der Waals surface area contributed by atoms with Gasteiger partial charge in [0.1, 0.15) is 0 Å². The van der Waals surface area contributed by atoms with Crippen LogP contribution in [-0.2, 0) is 11.2 Å². The van der Waals surface area contributed by atoms with Crippen LogP contribution in [0.25, 0.3) is 0 Å². The Hall–Kier alpha value is -1.22. The van der Waals surface area contributed by atoms with Crippen molar-refractivity contribution in [2.45, 2.75) is 129 Å². The highest BCUT2D eigenvalue weighted by atomic mass is 19.2. The molecular weight excluding hydrogens is 450 g/mol. The van der Waals surface area contributed by atoms with Crippen molar-refractivity contribution in [3.8, 4) is 0 Å². The van der Waals surface area contributed by atoms with E-state index in [0.717, 1.165) is 62.4 Å². The summed E-state index contributed by atoms with van der Waals surface area (Å²) in [5, 5.41) is 0. The van der Waals surface area contributed by atoms with Crippen molar-refractivity contribution >= 4 is 0 Å². The maximum atomic E-state index is 14.9. The van der Waals surface area contributed by atoms with Gasteiger partial charge in [-0.3, -0.25) is 0 Å². The Balaban J connectivity index is 1.19. The molecule has 0 spiro atoms. The molecule has 3 saturated carbocycles. The van der Waals surface area contributed by atoms with Crippen LogP contribution in [0.1, 0.15) is 127 Å². The molecule has 0 atom stereocenters. The summed E-state index contributed by atoms with van der Waals surface area (Å²) in [6.45, 7) is 4.96. The third kappa shape index (κ3) is 7.21. The Morgan fingerprint density at radius 3 is 1.86 bits per heavy atom. The van der Waals surface area contributed by atoms with E-state index < -0.39 is 11.6 Å². The van der Waals surface area contributed by atoms with Gasteiger partial charge in [0, 0.05) is 0 Å². The molecule has 0 saturated heterocycles. The molecule has 3 aliphatic carbocycles. The normalized spacial score (nSPS) is 31.7. The van der Waals surface area contributed by atoms with Crippen molar-refractivity contribution in [3.63, 3.8) is 0 Å². The summed E-state index contributed by atoms with van der Waals surface area (Å²) in [6.07, 6.45) is 23.6. The number of ether oxygens (including phenoxy) is 1. The Bertz CT molecular complexity index is 809. The summed E-state index contributed by atoms with van der Waals surface area (Å²) in [7, 11) is 0. The molecule has 0 aliphatic heterocycles. The van der Waals surface area contributed by atoms with Gasteiger partial charge in [-0.25, -0.2) is 8.78 Å². The molecule has 0 radical (unpaired) electrons. The molecule has 0 aromatic heterocycles. The highest BCUT2D eigenvalue weighted by Crippen LogP contribution is 2.47. The Kier molecular flexibility index (Phi) is 10.9. The van der Waals surface area contributed by atoms with Gasteiger partial charge in [0.25, 0.3) is 0 Å². The fourth-order valence-electron chi connectivity index (χ4n) is 7.68. The topological polar surface area (TPSA) is 9.23 Å². The first-order chi connectivity index (χ1) is 17.6. The fourth-order valence-corrected chi connectivity index (χ4v) is 7.68. The van der Waals surface area contributed by atoms with E-state index in [9.17, 15) is 8.78 Å². The van der Waals surface area contributed by atoms with Crippen LogP contribution >= 0.6 is 0 Å². The van der Waals surface area contributed by atoms with E-state index in [4.69, 9.17) is 4.74 Å². The van der Waals surface area contributed by atoms with Crippen molar-refractivity contribution in [2.24, 2.45) is 23.7 Å². The molecule has 0 N–H and O–H groups in total. The van der Waals surface area contributed by atoms with Crippen LogP contribution < -0.4 is 0 Å². The van der Waals surface area contributed by atoms with E-state index in [1.807, 2.05) is 12.1 Å². The van der Waals surface area contributed by atoms with Gasteiger partial charge in [-0.1, -0.05) is 44.1 Å². The Morgan fingerprint density at radius 2 is 1.31 bits per heavy atom. The summed E-state index contributed by atoms with van der Waals surface area (Å²) >= 11 is 0. The van der Waals surface area contributed by atoms with Crippen LogP contribution in [0, 0.1) is 35.3 Å². The van der Waals surface area contributed by atoms with Gasteiger partial charge in [0.15, 0.2) is 11.6 Å². The second kappa shape index (κ2) is 14.1. The van der Waals surface area contributed by atoms with Gasteiger partial charge >= 0.3 is 0 Å². The molecule has 1 aromatic rings. The van der Waals surface area contributed by atoms with Gasteiger partial charge in [0.05, 0.1) is 12.7 Å². The van der Waals surface area contributed by atoms with E-state index in [1.165, 1.54) is 64.2 Å². The van der Waals surface area contributed by atoms with E-state index >= 15 is 0 Å². The standard InChI is InChI=1S/C33H50F2O/c1-3-5-7-8-29-19-22-31(33(35)32(29)34)28-15-13-26(14-16-28)24-9-11-25(12-10-24)27-17-20-30(21-18-27)36-23-6-4-2/h4,6,19,22,24-28,30H,3,5,7-18,20-21,23H2,1-2H3. The van der Waals surface area contributed by atoms with E-state index in [-0.39, 0.29) is 5.92 Å². The molecule has 202 valence electrons. The zero-order chi connectivity index (χ0) is 25.3. The first-order valence-corrected chi connectivity index (χ1v) is 15.3. The van der Waals surface area contributed by atoms with Crippen LogP contribution in [0.5, 0.6) is 0 Å². The minimum absolute atomic E-state index is 0.196. The number of unbranched alkanes of at least 4 members (excludes halogenated alkanes) is 2. The largest absolute Gasteiger partial charge is 0.374 e. The molecule has 0 unspecified atom stereocenters. The Labute approximate surface area is 219 Å². The lowest BCUT2D eigenvalue weighted by Gasteiger charge is -2.41. The zero-order valence-corrected chi connectivity index (χ0v) is 23.0. The first-order valence-electron chi connectivity index (χ1n) is 15.3. The molecule has 0 amide bonds. The molecule has 1 nitrogen and oxygen atoms in total. The quantitative estimate of drug-likeness (QED) is 0.229. The predicted octanol–water partition coefficient (Wildman–Crippen LogP) is 9.93. The number of aryl methyl sites for hydroxylation is 1. The summed E-state index contributed by atoms with van der Waals surface area (Å²) < 4.78 is 35.7. The third-order valence-electron chi connectivity index (χ3n) is 9.99. The van der Waals surface area contributed by atoms with Crippen LogP contribution in [-0.4, -0.2) is 12.7 Å². The Morgan fingerprint density at radius 1 is 0.750 bits per heavy atom. The highest BCUT2D eigenvalue weighted by molar-refractivity contribution is 5.29. The van der Waals surface area contributed by atoms with Crippen molar-refractivity contribution in [1.82, 2.24) is 0 Å². The number of benzene rings is 1. The monoisotopic (exact) mass is 500 g/mol. The summed E-state index contributed by atoms with van der Waals surface area (Å²) in [5.74, 6) is 2.52. The number of allylic oxidation sites excluding steroid dienone is 1. The van der Waals surface area contributed by atoms with Crippen molar-refractivity contribution in [3.05, 3.63) is 47.0 Å². The van der Waals surface area contributed by atoms with Crippen LogP contribution in [0.3, 0.4) is 0 Å². The molecule has 0 heterocycles. The molecule has 4 rings (SSSR count). The fraction of sp³-hybridized carbons (Fsp3) is 0.758.